The quantitative estimate of drug-likeness (QED) is 0.191. The molecule has 152 valence electrons. The van der Waals surface area contributed by atoms with Crippen LogP contribution in [0.15, 0.2) is 91.0 Å². The topological polar surface area (TPSA) is 31.2 Å². The van der Waals surface area contributed by atoms with E-state index in [1.54, 1.807) is 0 Å². The van der Waals surface area contributed by atoms with Crippen molar-refractivity contribution in [2.24, 2.45) is 7.05 Å². The molecule has 1 aromatic heterocycles. The van der Waals surface area contributed by atoms with Crippen LogP contribution in [0.3, 0.4) is 0 Å². The molecule has 0 N–H and O–H groups in total. The number of para-hydroxylation sites is 1. The van der Waals surface area contributed by atoms with E-state index in [0.717, 1.165) is 20.3 Å². The Morgan fingerprint density at radius 1 is 0.806 bits per heavy atom. The van der Waals surface area contributed by atoms with Gasteiger partial charge in [-0.15, -0.1) is 0 Å². The Hall–Kier alpha value is -3.12. The summed E-state index contributed by atoms with van der Waals surface area (Å²) in [5, 5.41) is 2.45. The van der Waals surface area contributed by atoms with Gasteiger partial charge in [0, 0.05) is 26.9 Å². The predicted octanol–water partition coefficient (Wildman–Crippen LogP) is 6.96. The van der Waals surface area contributed by atoms with Crippen molar-refractivity contribution in [1.29, 1.82) is 0 Å². The van der Waals surface area contributed by atoms with Gasteiger partial charge in [0.15, 0.2) is 0 Å². The van der Waals surface area contributed by atoms with E-state index in [4.69, 9.17) is 4.74 Å². The second-order valence-electron chi connectivity index (χ2n) is 7.51. The maximum absolute atomic E-state index is 13.0. The molecular weight excluding hydrogens is 497 g/mol. The molecule has 5 rings (SSSR count). The van der Waals surface area contributed by atoms with Crippen LogP contribution in [-0.4, -0.2) is 10.5 Å². The minimum Gasteiger partial charge on any atom is -0.457 e. The third-order valence-corrected chi connectivity index (χ3v) is 6.75. The van der Waals surface area contributed by atoms with Crippen LogP contribution in [0.1, 0.15) is 15.9 Å². The van der Waals surface area contributed by atoms with E-state index in [1.165, 1.54) is 21.8 Å². The first kappa shape index (κ1) is 19.8. The molecule has 0 spiro atoms. The smallest absolute Gasteiger partial charge is 0.339 e. The van der Waals surface area contributed by atoms with Gasteiger partial charge in [-0.2, -0.15) is 0 Å². The molecule has 5 aromatic rings. The average molecular weight is 517 g/mol. The summed E-state index contributed by atoms with van der Waals surface area (Å²) >= 11 is 2.40. The van der Waals surface area contributed by atoms with E-state index in [0.29, 0.717) is 5.56 Å². The van der Waals surface area contributed by atoms with Gasteiger partial charge in [0.05, 0.1) is 11.1 Å². The number of benzene rings is 4. The van der Waals surface area contributed by atoms with Crippen molar-refractivity contribution in [3.63, 3.8) is 0 Å². The largest absolute Gasteiger partial charge is 0.457 e. The van der Waals surface area contributed by atoms with Gasteiger partial charge in [0.25, 0.3) is 0 Å². The lowest BCUT2D eigenvalue weighted by atomic mass is 9.98. The molecule has 0 amide bonds. The second-order valence-corrected chi connectivity index (χ2v) is 8.59. The number of hydrogen-bond acceptors (Lipinski definition) is 2. The van der Waals surface area contributed by atoms with E-state index >= 15 is 0 Å². The average Bonchev–Trinajstić information content (AvgIpc) is 3.11. The Labute approximate surface area is 194 Å². The number of fused-ring (bicyclic) bond motifs is 3. The fourth-order valence-electron chi connectivity index (χ4n) is 4.13. The highest BCUT2D eigenvalue weighted by Gasteiger charge is 2.19. The van der Waals surface area contributed by atoms with Crippen molar-refractivity contribution in [3.05, 3.63) is 106 Å². The van der Waals surface area contributed by atoms with Crippen molar-refractivity contribution in [2.75, 3.05) is 0 Å². The van der Waals surface area contributed by atoms with Crippen LogP contribution >= 0.6 is 22.6 Å². The monoisotopic (exact) mass is 517 g/mol. The van der Waals surface area contributed by atoms with Gasteiger partial charge in [-0.1, -0.05) is 78.9 Å². The predicted molar refractivity (Wildman–Crippen MR) is 134 cm³/mol. The molecule has 3 nitrogen and oxygen atoms in total. The number of nitrogens with zero attached hydrogens (tertiary/aromatic N) is 1. The van der Waals surface area contributed by atoms with Gasteiger partial charge in [-0.05, 0) is 51.4 Å². The molecule has 0 radical (unpaired) electrons. The van der Waals surface area contributed by atoms with Crippen molar-refractivity contribution in [1.82, 2.24) is 4.57 Å². The van der Waals surface area contributed by atoms with E-state index in [9.17, 15) is 4.79 Å². The summed E-state index contributed by atoms with van der Waals surface area (Å²) in [6.07, 6.45) is 0. The van der Waals surface area contributed by atoms with E-state index in [2.05, 4.69) is 70.6 Å². The normalized spacial score (nSPS) is 11.2. The standard InChI is InChI=1S/C27H20INO2/c1-29-24-14-8-7-12-20(24)22-16-15-21(25(28)26(22)29)19-11-5-6-13-23(19)27(30)31-17-18-9-3-2-4-10-18/h2-16H,17H2,1H3. The zero-order valence-corrected chi connectivity index (χ0v) is 19.2. The van der Waals surface area contributed by atoms with Crippen LogP contribution < -0.4 is 0 Å². The molecular formula is C27H20INO2. The van der Waals surface area contributed by atoms with E-state index in [-0.39, 0.29) is 12.6 Å². The Balaban J connectivity index is 1.58. The zero-order valence-electron chi connectivity index (χ0n) is 17.0. The first-order valence-electron chi connectivity index (χ1n) is 10.1. The number of esters is 1. The van der Waals surface area contributed by atoms with Crippen LogP contribution in [-0.2, 0) is 18.4 Å². The Bertz CT molecular complexity index is 1420. The second kappa shape index (κ2) is 8.19. The number of ether oxygens (including phenoxy) is 1. The van der Waals surface area contributed by atoms with Crippen molar-refractivity contribution in [3.8, 4) is 11.1 Å². The van der Waals surface area contributed by atoms with Crippen LogP contribution in [0, 0.1) is 3.57 Å². The summed E-state index contributed by atoms with van der Waals surface area (Å²) in [5.41, 5.74) is 5.84. The number of carbonyl (C=O) groups excluding carboxylic acids is 1. The molecule has 0 bridgehead atoms. The zero-order chi connectivity index (χ0) is 21.4. The fourth-order valence-corrected chi connectivity index (χ4v) is 5.25. The molecule has 31 heavy (non-hydrogen) atoms. The Morgan fingerprint density at radius 2 is 1.52 bits per heavy atom. The molecule has 1 heterocycles. The lowest BCUT2D eigenvalue weighted by Gasteiger charge is -2.13. The summed E-state index contributed by atoms with van der Waals surface area (Å²) in [6.45, 7) is 0.257. The van der Waals surface area contributed by atoms with Gasteiger partial charge in [-0.25, -0.2) is 4.79 Å². The maximum Gasteiger partial charge on any atom is 0.339 e. The summed E-state index contributed by atoms with van der Waals surface area (Å²) in [5.74, 6) is -0.313. The van der Waals surface area contributed by atoms with E-state index in [1.807, 2.05) is 54.6 Å². The molecule has 0 aliphatic heterocycles. The van der Waals surface area contributed by atoms with Gasteiger partial charge < -0.3 is 9.30 Å². The third-order valence-electron chi connectivity index (χ3n) is 5.66. The fraction of sp³-hybridized carbons (Fsp3) is 0.0741. The number of aryl methyl sites for hydroxylation is 1. The molecule has 0 aliphatic rings. The van der Waals surface area contributed by atoms with Gasteiger partial charge >= 0.3 is 5.97 Å². The van der Waals surface area contributed by atoms with Crippen molar-refractivity contribution >= 4 is 50.4 Å². The first-order valence-corrected chi connectivity index (χ1v) is 11.2. The van der Waals surface area contributed by atoms with Gasteiger partial charge in [-0.3, -0.25) is 0 Å². The number of rotatable bonds is 4. The lowest BCUT2D eigenvalue weighted by molar-refractivity contribution is 0.0473. The lowest BCUT2D eigenvalue weighted by Crippen LogP contribution is -2.07. The summed E-state index contributed by atoms with van der Waals surface area (Å²) < 4.78 is 8.98. The molecule has 4 aromatic carbocycles. The van der Waals surface area contributed by atoms with Crippen LogP contribution in [0.25, 0.3) is 32.9 Å². The number of halogens is 1. The molecule has 0 atom stereocenters. The number of aromatic nitrogens is 1. The van der Waals surface area contributed by atoms with Crippen LogP contribution in [0.4, 0.5) is 0 Å². The van der Waals surface area contributed by atoms with Gasteiger partial charge in [0.1, 0.15) is 6.61 Å². The SMILES string of the molecule is Cn1c2ccccc2c2ccc(-c3ccccc3C(=O)OCc3ccccc3)c(I)c21. The molecule has 4 heteroatoms. The molecule has 0 saturated heterocycles. The Kier molecular flexibility index (Phi) is 5.24. The molecule has 0 unspecified atom stereocenters. The molecule has 0 aliphatic carbocycles. The minimum atomic E-state index is -0.313. The highest BCUT2D eigenvalue weighted by Crippen LogP contribution is 2.37. The first-order chi connectivity index (χ1) is 15.1. The highest BCUT2D eigenvalue weighted by atomic mass is 127. The van der Waals surface area contributed by atoms with Crippen LogP contribution in [0.5, 0.6) is 0 Å². The Morgan fingerprint density at radius 3 is 2.35 bits per heavy atom. The van der Waals surface area contributed by atoms with Gasteiger partial charge in [0.2, 0.25) is 0 Å². The summed E-state index contributed by atoms with van der Waals surface area (Å²) in [4.78, 5) is 13.0. The van der Waals surface area contributed by atoms with Crippen molar-refractivity contribution in [2.45, 2.75) is 6.61 Å². The van der Waals surface area contributed by atoms with Crippen LogP contribution in [0.2, 0.25) is 0 Å². The van der Waals surface area contributed by atoms with Crippen molar-refractivity contribution < 1.29 is 9.53 Å². The summed E-state index contributed by atoms with van der Waals surface area (Å²) in [7, 11) is 2.09. The molecule has 0 saturated carbocycles. The minimum absolute atomic E-state index is 0.257. The summed E-state index contributed by atoms with van der Waals surface area (Å²) in [6, 6.07) is 30.1. The third kappa shape index (κ3) is 3.51. The number of hydrogen-bond donors (Lipinski definition) is 0. The highest BCUT2D eigenvalue weighted by molar-refractivity contribution is 14.1. The maximum atomic E-state index is 13.0. The molecule has 0 fully saturated rings. The number of carbonyl (C=O) groups is 1. The van der Waals surface area contributed by atoms with E-state index < -0.39 is 0 Å².